The largest absolute Gasteiger partial charge is 0.443 e. The molecule has 0 saturated carbocycles. The second-order valence-electron chi connectivity index (χ2n) is 7.07. The zero-order valence-corrected chi connectivity index (χ0v) is 19.8. The predicted octanol–water partition coefficient (Wildman–Crippen LogP) is 3.04. The van der Waals surface area contributed by atoms with Crippen LogP contribution < -0.4 is 10.6 Å². The third kappa shape index (κ3) is 7.02. The van der Waals surface area contributed by atoms with Crippen LogP contribution in [-0.2, 0) is 11.3 Å². The van der Waals surface area contributed by atoms with Gasteiger partial charge in [0.1, 0.15) is 6.26 Å². The zero-order valence-electron chi connectivity index (χ0n) is 16.7. The first kappa shape index (κ1) is 23.1. The van der Waals surface area contributed by atoms with Gasteiger partial charge < -0.3 is 19.8 Å². The Morgan fingerprint density at radius 1 is 1.43 bits per heavy atom. The van der Waals surface area contributed by atoms with E-state index in [-0.39, 0.29) is 30.1 Å². The number of nitrogens with one attached hydrogen (secondary N) is 2. The van der Waals surface area contributed by atoms with Gasteiger partial charge in [0.25, 0.3) is 0 Å². The Morgan fingerprint density at radius 3 is 3.00 bits per heavy atom. The van der Waals surface area contributed by atoms with Crippen molar-refractivity contribution in [1.29, 1.82) is 0 Å². The van der Waals surface area contributed by atoms with Crippen molar-refractivity contribution in [3.8, 4) is 10.8 Å². The zero-order chi connectivity index (χ0) is 19.1. The maximum Gasteiger partial charge on any atom is 0.236 e. The van der Waals surface area contributed by atoms with Crippen molar-refractivity contribution < 1.29 is 9.15 Å². The van der Waals surface area contributed by atoms with Crippen LogP contribution in [0.2, 0.25) is 0 Å². The van der Waals surface area contributed by atoms with Crippen molar-refractivity contribution in [3.05, 3.63) is 29.5 Å². The van der Waals surface area contributed by atoms with E-state index in [1.807, 2.05) is 17.5 Å². The molecule has 3 rings (SSSR count). The van der Waals surface area contributed by atoms with Gasteiger partial charge in [-0.25, -0.2) is 4.98 Å². The summed E-state index contributed by atoms with van der Waals surface area (Å²) in [4.78, 5) is 12.3. The summed E-state index contributed by atoms with van der Waals surface area (Å²) in [7, 11) is 1.77. The molecule has 7 nitrogen and oxygen atoms in total. The Morgan fingerprint density at radius 2 is 2.29 bits per heavy atom. The minimum absolute atomic E-state index is 0. The van der Waals surface area contributed by atoms with Crippen LogP contribution in [0, 0.1) is 5.92 Å². The van der Waals surface area contributed by atoms with Gasteiger partial charge in [0.05, 0.1) is 29.8 Å². The molecule has 9 heteroatoms. The van der Waals surface area contributed by atoms with E-state index in [0.29, 0.717) is 18.4 Å². The van der Waals surface area contributed by atoms with Gasteiger partial charge in [-0.3, -0.25) is 9.89 Å². The molecule has 0 spiro atoms. The Balaban J connectivity index is 0.00000280. The fourth-order valence-electron chi connectivity index (χ4n) is 3.09. The van der Waals surface area contributed by atoms with Crippen LogP contribution in [-0.4, -0.2) is 61.8 Å². The molecule has 1 aliphatic rings. The van der Waals surface area contributed by atoms with E-state index >= 15 is 0 Å². The van der Waals surface area contributed by atoms with Crippen molar-refractivity contribution in [1.82, 2.24) is 20.5 Å². The molecule has 156 valence electrons. The number of ether oxygens (including phenoxy) is 1. The number of aliphatic imine (C=N–C) groups is 1. The van der Waals surface area contributed by atoms with Crippen molar-refractivity contribution in [3.63, 3.8) is 0 Å². The smallest absolute Gasteiger partial charge is 0.236 e. The van der Waals surface area contributed by atoms with E-state index in [1.165, 1.54) is 0 Å². The molecular weight excluding hydrogens is 489 g/mol. The van der Waals surface area contributed by atoms with Gasteiger partial charge in [-0.15, -0.1) is 35.3 Å². The highest BCUT2D eigenvalue weighted by atomic mass is 127. The molecule has 0 amide bonds. The summed E-state index contributed by atoms with van der Waals surface area (Å²) in [6.45, 7) is 9.66. The molecule has 1 aliphatic heterocycles. The van der Waals surface area contributed by atoms with Gasteiger partial charge in [0.2, 0.25) is 5.89 Å². The van der Waals surface area contributed by atoms with Crippen LogP contribution in [0.5, 0.6) is 0 Å². The van der Waals surface area contributed by atoms with Gasteiger partial charge in [0.15, 0.2) is 5.96 Å². The lowest BCUT2D eigenvalue weighted by molar-refractivity contribution is -0.0284. The lowest BCUT2D eigenvalue weighted by Crippen LogP contribution is -2.50. The van der Waals surface area contributed by atoms with Crippen molar-refractivity contribution in [2.75, 3.05) is 39.8 Å². The molecule has 0 aromatic carbocycles. The van der Waals surface area contributed by atoms with E-state index in [1.54, 1.807) is 24.6 Å². The quantitative estimate of drug-likeness (QED) is 0.333. The SMILES string of the molecule is CN=C(NCc1coc(-c2cccs2)n1)NCC1CN(CC(C)C)CCO1.I. The molecule has 1 atom stereocenters. The number of thiophene rings is 1. The van der Waals surface area contributed by atoms with Gasteiger partial charge in [-0.1, -0.05) is 19.9 Å². The number of rotatable bonds is 7. The van der Waals surface area contributed by atoms with Gasteiger partial charge in [0, 0.05) is 33.2 Å². The first-order valence-corrected chi connectivity index (χ1v) is 10.3. The summed E-state index contributed by atoms with van der Waals surface area (Å²) < 4.78 is 11.4. The van der Waals surface area contributed by atoms with Crippen LogP contribution >= 0.6 is 35.3 Å². The summed E-state index contributed by atoms with van der Waals surface area (Å²) in [5.41, 5.74) is 0.846. The lowest BCUT2D eigenvalue weighted by Gasteiger charge is -2.34. The van der Waals surface area contributed by atoms with Crippen LogP contribution in [0.1, 0.15) is 19.5 Å². The maximum atomic E-state index is 5.88. The Kier molecular flexibility index (Phi) is 9.69. The Hall–Kier alpha value is -1.17. The molecular formula is C19H30IN5O2S. The van der Waals surface area contributed by atoms with Crippen molar-refractivity contribution in [2.24, 2.45) is 10.9 Å². The molecule has 0 radical (unpaired) electrons. The highest BCUT2D eigenvalue weighted by molar-refractivity contribution is 14.0. The maximum absolute atomic E-state index is 5.88. The summed E-state index contributed by atoms with van der Waals surface area (Å²) >= 11 is 1.62. The van der Waals surface area contributed by atoms with Crippen LogP contribution in [0.4, 0.5) is 0 Å². The topological polar surface area (TPSA) is 74.9 Å². The molecule has 2 N–H and O–H groups in total. The number of halogens is 1. The highest BCUT2D eigenvalue weighted by Gasteiger charge is 2.21. The summed E-state index contributed by atoms with van der Waals surface area (Å²) in [6.07, 6.45) is 1.86. The third-order valence-corrected chi connectivity index (χ3v) is 5.15. The molecule has 1 fully saturated rings. The number of morpholine rings is 1. The first-order valence-electron chi connectivity index (χ1n) is 9.40. The van der Waals surface area contributed by atoms with E-state index in [9.17, 15) is 0 Å². The summed E-state index contributed by atoms with van der Waals surface area (Å²) in [6, 6.07) is 3.99. The first-order chi connectivity index (χ1) is 13.1. The second kappa shape index (κ2) is 11.7. The fourth-order valence-corrected chi connectivity index (χ4v) is 3.75. The van der Waals surface area contributed by atoms with Gasteiger partial charge in [-0.05, 0) is 17.4 Å². The molecule has 3 heterocycles. The minimum atomic E-state index is 0. The minimum Gasteiger partial charge on any atom is -0.443 e. The predicted molar refractivity (Wildman–Crippen MR) is 124 cm³/mol. The molecule has 28 heavy (non-hydrogen) atoms. The summed E-state index contributed by atoms with van der Waals surface area (Å²) in [5, 5.41) is 8.64. The Labute approximate surface area is 188 Å². The van der Waals surface area contributed by atoms with Crippen LogP contribution in [0.25, 0.3) is 10.8 Å². The average molecular weight is 519 g/mol. The number of nitrogens with zero attached hydrogens (tertiary/aromatic N) is 3. The van der Waals surface area contributed by atoms with E-state index in [0.717, 1.165) is 49.3 Å². The van der Waals surface area contributed by atoms with Gasteiger partial charge in [-0.2, -0.15) is 0 Å². The molecule has 0 bridgehead atoms. The molecule has 2 aromatic rings. The van der Waals surface area contributed by atoms with E-state index in [2.05, 4.69) is 39.4 Å². The van der Waals surface area contributed by atoms with Gasteiger partial charge >= 0.3 is 0 Å². The number of oxazole rings is 1. The lowest BCUT2D eigenvalue weighted by atomic mass is 10.2. The number of hydrogen-bond acceptors (Lipinski definition) is 6. The number of hydrogen-bond donors (Lipinski definition) is 2. The molecule has 2 aromatic heterocycles. The Bertz CT molecular complexity index is 720. The normalized spacial score (nSPS) is 18.1. The molecule has 0 aliphatic carbocycles. The van der Waals surface area contributed by atoms with E-state index < -0.39 is 0 Å². The summed E-state index contributed by atoms with van der Waals surface area (Å²) in [5.74, 6) is 2.07. The average Bonchev–Trinajstić information content (AvgIpc) is 3.33. The third-order valence-electron chi connectivity index (χ3n) is 4.29. The molecule has 1 saturated heterocycles. The van der Waals surface area contributed by atoms with Crippen molar-refractivity contribution >= 4 is 41.3 Å². The fraction of sp³-hybridized carbons (Fsp3) is 0.579. The number of guanidine groups is 1. The van der Waals surface area contributed by atoms with Crippen molar-refractivity contribution in [2.45, 2.75) is 26.5 Å². The number of aromatic nitrogens is 1. The van der Waals surface area contributed by atoms with Crippen LogP contribution in [0.3, 0.4) is 0 Å². The van der Waals surface area contributed by atoms with E-state index in [4.69, 9.17) is 9.15 Å². The molecule has 1 unspecified atom stereocenters. The standard InChI is InChI=1S/C19H29N5O2S.HI/c1-14(2)11-24-6-7-25-16(12-24)10-22-19(20-3)21-9-15-13-26-18(23-15)17-5-4-8-27-17;/h4-5,8,13-14,16H,6-7,9-12H2,1-3H3,(H2,20,21,22);1H. The van der Waals surface area contributed by atoms with Crippen LogP contribution in [0.15, 0.2) is 33.2 Å². The second-order valence-corrected chi connectivity index (χ2v) is 8.02. The monoisotopic (exact) mass is 519 g/mol. The highest BCUT2D eigenvalue weighted by Crippen LogP contribution is 2.23.